The number of benzene rings is 3. The van der Waals surface area contributed by atoms with Crippen LogP contribution in [-0.4, -0.2) is 30.5 Å². The molecule has 2 heterocycles. The Balaban J connectivity index is 1.63. The predicted molar refractivity (Wildman–Crippen MR) is 150 cm³/mol. The van der Waals surface area contributed by atoms with E-state index in [4.69, 9.17) is 25.5 Å². The van der Waals surface area contributed by atoms with Gasteiger partial charge in [0.1, 0.15) is 5.75 Å². The Morgan fingerprint density at radius 3 is 2.54 bits per heavy atom. The van der Waals surface area contributed by atoms with Crippen molar-refractivity contribution in [3.63, 3.8) is 0 Å². The second-order valence-electron chi connectivity index (χ2n) is 9.25. The number of anilines is 1. The first-order valence-electron chi connectivity index (χ1n) is 12.8. The summed E-state index contributed by atoms with van der Waals surface area (Å²) in [7, 11) is 1.48. The van der Waals surface area contributed by atoms with Crippen LogP contribution in [0.5, 0.6) is 11.5 Å². The van der Waals surface area contributed by atoms with E-state index in [1.54, 1.807) is 36.4 Å². The van der Waals surface area contributed by atoms with Gasteiger partial charge in [-0.05, 0) is 48.2 Å². The van der Waals surface area contributed by atoms with Gasteiger partial charge in [-0.15, -0.1) is 0 Å². The number of methoxy groups -OCH3 is 1. The van der Waals surface area contributed by atoms with Crippen LogP contribution in [0.4, 0.5) is 5.69 Å². The lowest BCUT2D eigenvalue weighted by Crippen LogP contribution is -2.31. The molecule has 1 amide bonds. The standard InChI is InChI=1S/C31H28ClNO6/c1-4-13-38-23-8-6-7-22(17-23)33-27(19-11-9-18(5-2)10-12-19)26(29(35)31(33)36)28(34)24-15-20-14-21(32)16-25(37-3)30(20)39-24/h6-12,14-17,27,35H,4-5,13H2,1-3H3. The number of aliphatic hydroxyl groups excluding tert-OH is 1. The maximum Gasteiger partial charge on any atom is 0.294 e. The highest BCUT2D eigenvalue weighted by Gasteiger charge is 2.45. The monoisotopic (exact) mass is 545 g/mol. The number of hydrogen-bond donors (Lipinski definition) is 1. The van der Waals surface area contributed by atoms with Crippen LogP contribution in [0.1, 0.15) is 48.0 Å². The number of amides is 1. The number of furan rings is 1. The molecule has 1 aliphatic heterocycles. The largest absolute Gasteiger partial charge is 0.503 e. The van der Waals surface area contributed by atoms with E-state index in [2.05, 4.69) is 0 Å². The van der Waals surface area contributed by atoms with Crippen molar-refractivity contribution in [3.8, 4) is 11.5 Å². The van der Waals surface area contributed by atoms with E-state index in [-0.39, 0.29) is 11.3 Å². The van der Waals surface area contributed by atoms with Gasteiger partial charge >= 0.3 is 0 Å². The van der Waals surface area contributed by atoms with Crippen molar-refractivity contribution >= 4 is 39.9 Å². The number of hydrogen-bond acceptors (Lipinski definition) is 6. The van der Waals surface area contributed by atoms with Gasteiger partial charge in [0.05, 0.1) is 25.3 Å². The number of ketones is 1. The fraction of sp³-hybridized carbons (Fsp3) is 0.226. The minimum atomic E-state index is -0.893. The third-order valence-corrected chi connectivity index (χ3v) is 6.93. The molecule has 39 heavy (non-hydrogen) atoms. The predicted octanol–water partition coefficient (Wildman–Crippen LogP) is 7.23. The maximum atomic E-state index is 14.0. The number of ether oxygens (including phenoxy) is 2. The first-order valence-corrected chi connectivity index (χ1v) is 13.1. The summed E-state index contributed by atoms with van der Waals surface area (Å²) in [5.41, 5.74) is 2.53. The number of aliphatic hydroxyl groups is 1. The van der Waals surface area contributed by atoms with Crippen molar-refractivity contribution in [2.75, 3.05) is 18.6 Å². The molecule has 1 aliphatic rings. The third-order valence-electron chi connectivity index (χ3n) is 6.72. The van der Waals surface area contributed by atoms with Gasteiger partial charge in [0.25, 0.3) is 5.91 Å². The highest BCUT2D eigenvalue weighted by Crippen LogP contribution is 2.43. The summed E-state index contributed by atoms with van der Waals surface area (Å²) in [4.78, 5) is 28.9. The molecule has 0 bridgehead atoms. The van der Waals surface area contributed by atoms with E-state index in [1.807, 2.05) is 38.1 Å². The molecular formula is C31H28ClNO6. The molecule has 0 radical (unpaired) electrons. The molecule has 1 unspecified atom stereocenters. The lowest BCUT2D eigenvalue weighted by Gasteiger charge is -2.27. The highest BCUT2D eigenvalue weighted by molar-refractivity contribution is 6.31. The number of carbonyl (C=O) groups excluding carboxylic acids is 2. The highest BCUT2D eigenvalue weighted by atomic mass is 35.5. The molecule has 5 rings (SSSR count). The van der Waals surface area contributed by atoms with Gasteiger partial charge in [-0.3, -0.25) is 14.5 Å². The summed E-state index contributed by atoms with van der Waals surface area (Å²) < 4.78 is 17.0. The van der Waals surface area contributed by atoms with Crippen LogP contribution >= 0.6 is 11.6 Å². The summed E-state index contributed by atoms with van der Waals surface area (Å²) in [5.74, 6) is -1.02. The van der Waals surface area contributed by atoms with E-state index < -0.39 is 23.5 Å². The van der Waals surface area contributed by atoms with Crippen LogP contribution in [-0.2, 0) is 11.2 Å². The molecule has 0 spiro atoms. The average molecular weight is 546 g/mol. The lowest BCUT2D eigenvalue weighted by atomic mass is 9.94. The Morgan fingerprint density at radius 1 is 1.08 bits per heavy atom. The molecule has 200 valence electrons. The zero-order chi connectivity index (χ0) is 27.7. The van der Waals surface area contributed by atoms with E-state index in [9.17, 15) is 14.7 Å². The van der Waals surface area contributed by atoms with Gasteiger partial charge in [-0.1, -0.05) is 55.8 Å². The Hall–Kier alpha value is -4.23. The topological polar surface area (TPSA) is 89.2 Å². The molecule has 0 saturated heterocycles. The summed E-state index contributed by atoms with van der Waals surface area (Å²) in [5, 5.41) is 12.1. The van der Waals surface area contributed by atoms with Gasteiger partial charge < -0.3 is 19.0 Å². The fourth-order valence-electron chi connectivity index (χ4n) is 4.78. The second-order valence-corrected chi connectivity index (χ2v) is 9.68. The van der Waals surface area contributed by atoms with Crippen molar-refractivity contribution in [2.45, 2.75) is 32.7 Å². The molecule has 8 heteroatoms. The van der Waals surface area contributed by atoms with Crippen molar-refractivity contribution in [3.05, 3.63) is 100.0 Å². The number of carbonyl (C=O) groups is 2. The van der Waals surface area contributed by atoms with Gasteiger partial charge in [0, 0.05) is 28.2 Å². The van der Waals surface area contributed by atoms with E-state index in [1.165, 1.54) is 18.1 Å². The zero-order valence-electron chi connectivity index (χ0n) is 21.9. The molecule has 0 fully saturated rings. The number of Topliss-reactive ketones (excluding diaryl/α,β-unsaturated/α-hetero) is 1. The van der Waals surface area contributed by atoms with Gasteiger partial charge in [0.15, 0.2) is 22.9 Å². The normalized spacial score (nSPS) is 15.3. The lowest BCUT2D eigenvalue weighted by molar-refractivity contribution is -0.117. The number of halogens is 1. The molecule has 1 aromatic heterocycles. The quantitative estimate of drug-likeness (QED) is 0.223. The first kappa shape index (κ1) is 26.4. The van der Waals surface area contributed by atoms with Crippen LogP contribution < -0.4 is 14.4 Å². The molecule has 0 aliphatic carbocycles. The van der Waals surface area contributed by atoms with E-state index >= 15 is 0 Å². The van der Waals surface area contributed by atoms with Crippen LogP contribution in [0.15, 0.2) is 82.5 Å². The Morgan fingerprint density at radius 2 is 1.85 bits per heavy atom. The summed E-state index contributed by atoms with van der Waals surface area (Å²) in [6.45, 7) is 4.57. The van der Waals surface area contributed by atoms with Crippen LogP contribution in [0.2, 0.25) is 5.02 Å². The zero-order valence-corrected chi connectivity index (χ0v) is 22.6. The first-order chi connectivity index (χ1) is 18.9. The van der Waals surface area contributed by atoms with Crippen LogP contribution in [0.3, 0.4) is 0 Å². The number of rotatable bonds is 9. The summed E-state index contributed by atoms with van der Waals surface area (Å²) >= 11 is 6.20. The number of aryl methyl sites for hydroxylation is 1. The summed E-state index contributed by atoms with van der Waals surface area (Å²) in [6, 6.07) is 18.6. The molecule has 3 aromatic carbocycles. The Labute approximate surface area is 231 Å². The number of nitrogens with zero attached hydrogens (tertiary/aromatic N) is 1. The van der Waals surface area contributed by atoms with Crippen molar-refractivity contribution in [2.24, 2.45) is 0 Å². The maximum absolute atomic E-state index is 14.0. The average Bonchev–Trinajstić information content (AvgIpc) is 3.50. The molecule has 7 nitrogen and oxygen atoms in total. The smallest absolute Gasteiger partial charge is 0.294 e. The SMILES string of the molecule is CCCOc1cccc(N2C(=O)C(O)=C(C(=O)c3cc4cc(Cl)cc(OC)c4o3)C2c2ccc(CC)cc2)c1. The van der Waals surface area contributed by atoms with Crippen molar-refractivity contribution in [1.82, 2.24) is 0 Å². The van der Waals surface area contributed by atoms with Gasteiger partial charge in [-0.25, -0.2) is 0 Å². The summed E-state index contributed by atoms with van der Waals surface area (Å²) in [6.07, 6.45) is 1.66. The third kappa shape index (κ3) is 4.86. The minimum absolute atomic E-state index is 0.0445. The minimum Gasteiger partial charge on any atom is -0.503 e. The molecule has 0 saturated carbocycles. The van der Waals surface area contributed by atoms with Crippen molar-refractivity contribution in [1.29, 1.82) is 0 Å². The molecular weight excluding hydrogens is 518 g/mol. The van der Waals surface area contributed by atoms with Crippen LogP contribution in [0, 0.1) is 0 Å². The number of fused-ring (bicyclic) bond motifs is 1. The Bertz CT molecular complexity index is 1590. The van der Waals surface area contributed by atoms with E-state index in [0.717, 1.165) is 18.4 Å². The van der Waals surface area contributed by atoms with Gasteiger partial charge in [0.2, 0.25) is 5.78 Å². The van der Waals surface area contributed by atoms with Gasteiger partial charge in [-0.2, -0.15) is 0 Å². The second kappa shape index (κ2) is 10.9. The van der Waals surface area contributed by atoms with Crippen LogP contribution in [0.25, 0.3) is 11.0 Å². The molecule has 1 N–H and O–H groups in total. The van der Waals surface area contributed by atoms with Crippen molar-refractivity contribution < 1.29 is 28.6 Å². The Kier molecular flexibility index (Phi) is 7.35. The fourth-order valence-corrected chi connectivity index (χ4v) is 5.00. The van der Waals surface area contributed by atoms with E-state index in [0.29, 0.717) is 45.3 Å². The molecule has 1 atom stereocenters. The molecule has 4 aromatic rings.